The summed E-state index contributed by atoms with van der Waals surface area (Å²) in [6.07, 6.45) is 0. The highest BCUT2D eigenvalue weighted by Gasteiger charge is 2.14. The van der Waals surface area contributed by atoms with Crippen molar-refractivity contribution in [2.24, 2.45) is 0 Å². The number of amides is 2. The van der Waals surface area contributed by atoms with Gasteiger partial charge in [0.1, 0.15) is 5.82 Å². The summed E-state index contributed by atoms with van der Waals surface area (Å²) in [5, 5.41) is 2.24. The van der Waals surface area contributed by atoms with Crippen molar-refractivity contribution in [3.63, 3.8) is 0 Å². The summed E-state index contributed by atoms with van der Waals surface area (Å²) < 4.78 is 13.1. The van der Waals surface area contributed by atoms with E-state index in [1.807, 2.05) is 0 Å². The Balaban J connectivity index is 2.18. The smallest absolute Gasteiger partial charge is 0.258 e. The molecule has 0 aliphatic heterocycles. The summed E-state index contributed by atoms with van der Waals surface area (Å²) in [6.45, 7) is 1.68. The fourth-order valence-electron chi connectivity index (χ4n) is 1.67. The molecule has 0 heterocycles. The summed E-state index contributed by atoms with van der Waals surface area (Å²) in [5.41, 5.74) is 1.15. The molecule has 0 saturated carbocycles. The number of hydrogen-bond donors (Lipinski definition) is 1. The van der Waals surface area contributed by atoms with Gasteiger partial charge >= 0.3 is 0 Å². The van der Waals surface area contributed by atoms with Crippen LogP contribution in [0.2, 0.25) is 0 Å². The van der Waals surface area contributed by atoms with E-state index in [0.717, 1.165) is 6.07 Å². The van der Waals surface area contributed by atoms with Crippen molar-refractivity contribution in [2.75, 3.05) is 0 Å². The van der Waals surface area contributed by atoms with Crippen LogP contribution in [0.15, 0.2) is 48.5 Å². The topological polar surface area (TPSA) is 46.2 Å². The highest BCUT2D eigenvalue weighted by Crippen LogP contribution is 2.10. The molecule has 2 amide bonds. The predicted molar refractivity (Wildman–Crippen MR) is 69.4 cm³/mol. The molecule has 0 spiro atoms. The van der Waals surface area contributed by atoms with Gasteiger partial charge in [-0.15, -0.1) is 0 Å². The van der Waals surface area contributed by atoms with E-state index in [9.17, 15) is 14.0 Å². The molecule has 96 valence electrons. The van der Waals surface area contributed by atoms with Crippen LogP contribution in [-0.4, -0.2) is 11.8 Å². The van der Waals surface area contributed by atoms with Gasteiger partial charge in [0, 0.05) is 11.1 Å². The zero-order chi connectivity index (χ0) is 13.8. The monoisotopic (exact) mass is 257 g/mol. The van der Waals surface area contributed by atoms with Gasteiger partial charge < -0.3 is 0 Å². The second-order valence-electron chi connectivity index (χ2n) is 4.11. The van der Waals surface area contributed by atoms with E-state index in [2.05, 4.69) is 5.32 Å². The normalized spacial score (nSPS) is 10.0. The maximum absolute atomic E-state index is 13.1. The van der Waals surface area contributed by atoms with E-state index in [1.54, 1.807) is 37.3 Å². The number of carbonyl (C=O) groups is 2. The Bertz CT molecular complexity index is 623. The third-order valence-corrected chi connectivity index (χ3v) is 2.71. The van der Waals surface area contributed by atoms with Crippen LogP contribution < -0.4 is 5.32 Å². The first kappa shape index (κ1) is 13.0. The van der Waals surface area contributed by atoms with Crippen molar-refractivity contribution in [2.45, 2.75) is 6.92 Å². The lowest BCUT2D eigenvalue weighted by atomic mass is 10.1. The fraction of sp³-hybridized carbons (Fsp3) is 0.0667. The Labute approximate surface area is 110 Å². The van der Waals surface area contributed by atoms with Crippen molar-refractivity contribution in [1.29, 1.82) is 0 Å². The molecule has 19 heavy (non-hydrogen) atoms. The molecule has 0 saturated heterocycles. The van der Waals surface area contributed by atoms with Crippen LogP contribution in [0.5, 0.6) is 0 Å². The number of imide groups is 1. The number of halogens is 1. The lowest BCUT2D eigenvalue weighted by Crippen LogP contribution is -2.31. The second kappa shape index (κ2) is 5.44. The summed E-state index contributed by atoms with van der Waals surface area (Å²) in [4.78, 5) is 23.7. The van der Waals surface area contributed by atoms with Crippen LogP contribution in [-0.2, 0) is 0 Å². The quantitative estimate of drug-likeness (QED) is 0.841. The number of hydrogen-bond acceptors (Lipinski definition) is 2. The molecule has 0 fully saturated rings. The second-order valence-corrected chi connectivity index (χ2v) is 4.11. The predicted octanol–water partition coefficient (Wildman–Crippen LogP) is 2.70. The van der Waals surface area contributed by atoms with Gasteiger partial charge in [0.2, 0.25) is 0 Å². The van der Waals surface area contributed by atoms with E-state index in [4.69, 9.17) is 0 Å². The van der Waals surface area contributed by atoms with Gasteiger partial charge in [-0.3, -0.25) is 14.9 Å². The summed E-state index contributed by atoms with van der Waals surface area (Å²) >= 11 is 0. The van der Waals surface area contributed by atoms with Crippen LogP contribution in [0.1, 0.15) is 26.3 Å². The lowest BCUT2D eigenvalue weighted by molar-refractivity contribution is 0.0848. The Hall–Kier alpha value is -2.49. The molecule has 0 aliphatic carbocycles. The molecule has 2 aromatic rings. The largest absolute Gasteiger partial charge is 0.288 e. The SMILES string of the molecule is Cc1ccc(F)cc1C(=O)NC(=O)c1ccccc1. The number of aryl methyl sites for hydroxylation is 1. The summed E-state index contributed by atoms with van der Waals surface area (Å²) in [5.74, 6) is -1.62. The van der Waals surface area contributed by atoms with E-state index in [-0.39, 0.29) is 5.56 Å². The molecule has 4 heteroatoms. The van der Waals surface area contributed by atoms with Crippen LogP contribution in [0.3, 0.4) is 0 Å². The maximum atomic E-state index is 13.1. The Morgan fingerprint density at radius 3 is 2.37 bits per heavy atom. The molecular formula is C15H12FNO2. The van der Waals surface area contributed by atoms with Crippen molar-refractivity contribution < 1.29 is 14.0 Å². The molecule has 0 aromatic heterocycles. The van der Waals surface area contributed by atoms with Gasteiger partial charge in [0.25, 0.3) is 11.8 Å². The van der Waals surface area contributed by atoms with Crippen LogP contribution in [0.25, 0.3) is 0 Å². The standard InChI is InChI=1S/C15H12FNO2/c1-10-7-8-12(16)9-13(10)15(19)17-14(18)11-5-3-2-4-6-11/h2-9H,1H3,(H,17,18,19). The van der Waals surface area contributed by atoms with Gasteiger partial charge in [-0.2, -0.15) is 0 Å². The number of carbonyl (C=O) groups excluding carboxylic acids is 2. The van der Waals surface area contributed by atoms with Gasteiger partial charge in [-0.05, 0) is 36.8 Å². The Kier molecular flexibility index (Phi) is 3.71. The molecule has 3 nitrogen and oxygen atoms in total. The van der Waals surface area contributed by atoms with Crippen LogP contribution in [0, 0.1) is 12.7 Å². The molecule has 0 radical (unpaired) electrons. The zero-order valence-electron chi connectivity index (χ0n) is 10.3. The van der Waals surface area contributed by atoms with Gasteiger partial charge in [-0.25, -0.2) is 4.39 Å². The van der Waals surface area contributed by atoms with Crippen molar-refractivity contribution >= 4 is 11.8 Å². The summed E-state index contributed by atoms with van der Waals surface area (Å²) in [7, 11) is 0. The van der Waals surface area contributed by atoms with Crippen molar-refractivity contribution in [1.82, 2.24) is 5.32 Å². The molecule has 0 unspecified atom stereocenters. The molecule has 2 aromatic carbocycles. The van der Waals surface area contributed by atoms with E-state index in [0.29, 0.717) is 11.1 Å². The molecule has 0 aliphatic rings. The van der Waals surface area contributed by atoms with E-state index >= 15 is 0 Å². The molecule has 0 bridgehead atoms. The number of benzene rings is 2. The van der Waals surface area contributed by atoms with Gasteiger partial charge in [0.05, 0.1) is 0 Å². The Morgan fingerprint density at radius 2 is 1.68 bits per heavy atom. The van der Waals surface area contributed by atoms with E-state index < -0.39 is 17.6 Å². The molecular weight excluding hydrogens is 245 g/mol. The third-order valence-electron chi connectivity index (χ3n) is 2.71. The first-order valence-electron chi connectivity index (χ1n) is 5.75. The third kappa shape index (κ3) is 3.04. The Morgan fingerprint density at radius 1 is 1.00 bits per heavy atom. The average molecular weight is 257 g/mol. The first-order valence-corrected chi connectivity index (χ1v) is 5.75. The highest BCUT2D eigenvalue weighted by atomic mass is 19.1. The van der Waals surface area contributed by atoms with Crippen molar-refractivity contribution in [3.05, 3.63) is 71.0 Å². The molecule has 0 atom stereocenters. The van der Waals surface area contributed by atoms with Crippen LogP contribution >= 0.6 is 0 Å². The number of nitrogens with one attached hydrogen (secondary N) is 1. The van der Waals surface area contributed by atoms with E-state index in [1.165, 1.54) is 12.1 Å². The van der Waals surface area contributed by atoms with Crippen molar-refractivity contribution in [3.8, 4) is 0 Å². The van der Waals surface area contributed by atoms with Gasteiger partial charge in [-0.1, -0.05) is 24.3 Å². The molecule has 1 N–H and O–H groups in total. The van der Waals surface area contributed by atoms with Crippen LogP contribution in [0.4, 0.5) is 4.39 Å². The van der Waals surface area contributed by atoms with Gasteiger partial charge in [0.15, 0.2) is 0 Å². The highest BCUT2D eigenvalue weighted by molar-refractivity contribution is 6.10. The average Bonchev–Trinajstić information content (AvgIpc) is 2.42. The fourth-order valence-corrected chi connectivity index (χ4v) is 1.67. The minimum atomic E-state index is -0.606. The summed E-state index contributed by atoms with van der Waals surface area (Å²) in [6, 6.07) is 12.3. The zero-order valence-corrected chi connectivity index (χ0v) is 10.3. The minimum Gasteiger partial charge on any atom is -0.288 e. The number of rotatable bonds is 2. The maximum Gasteiger partial charge on any atom is 0.258 e. The first-order chi connectivity index (χ1) is 9.08. The lowest BCUT2D eigenvalue weighted by Gasteiger charge is -2.06. The minimum absolute atomic E-state index is 0.157. The molecule has 2 rings (SSSR count).